The molecule has 0 amide bonds. The number of furan rings is 1. The number of pyridine rings is 2. The molecule has 4 heteroatoms. The second-order valence-corrected chi connectivity index (χ2v) is 16.1. The summed E-state index contributed by atoms with van der Waals surface area (Å²) in [5, 5.41) is 1.07. The number of benzene rings is 5. The van der Waals surface area contributed by atoms with Crippen molar-refractivity contribution in [1.29, 1.82) is 0 Å². The first kappa shape index (κ1) is 25.4. The van der Waals surface area contributed by atoms with Gasteiger partial charge in [0.2, 0.25) is 0 Å². The third-order valence-corrected chi connectivity index (χ3v) is 9.47. The molecule has 0 N–H and O–H groups in total. The Balaban J connectivity index is 0.000000365. The van der Waals surface area contributed by atoms with Gasteiger partial charge in [0.25, 0.3) is 0 Å². The molecule has 1 radical (unpaired) electrons. The molecule has 0 aliphatic rings. The number of nitrogens with zero attached hydrogens (tertiary/aromatic N) is 2. The summed E-state index contributed by atoms with van der Waals surface area (Å²) in [5.41, 5.74) is 3.33. The predicted octanol–water partition coefficient (Wildman–Crippen LogP) is 14.8. The van der Waals surface area contributed by atoms with Gasteiger partial charge in [0.05, 0.1) is 5.58 Å². The quantitative estimate of drug-likeness (QED) is 0.161. The van der Waals surface area contributed by atoms with E-state index in [1.165, 1.54) is 42.0 Å². The zero-order valence-electron chi connectivity index (χ0n) is 50.1. The fraction of sp³-hybridized carbons (Fsp3) is 0.259. The molecule has 3 aromatic heterocycles. The number of hydrogen-bond donors (Lipinski definition) is 0. The Morgan fingerprint density at radius 3 is 2.00 bits per heavy atom. The molecule has 0 spiro atoms. The van der Waals surface area contributed by atoms with Gasteiger partial charge in [-0.2, -0.15) is 0 Å². The molecule has 0 bridgehead atoms. The van der Waals surface area contributed by atoms with Crippen molar-refractivity contribution < 1.29 is 47.8 Å². The van der Waals surface area contributed by atoms with Crippen molar-refractivity contribution in [3.63, 3.8) is 0 Å². The Labute approximate surface area is 383 Å². The van der Waals surface area contributed by atoms with Crippen LogP contribution >= 0.6 is 0 Å². The third-order valence-electron chi connectivity index (χ3n) is 9.47. The van der Waals surface area contributed by atoms with Crippen LogP contribution in [0.25, 0.3) is 66.7 Å². The van der Waals surface area contributed by atoms with E-state index in [1.807, 2.05) is 18.3 Å². The van der Waals surface area contributed by atoms with E-state index in [9.17, 15) is 0 Å². The molecule has 3 nitrogen and oxygen atoms in total. The summed E-state index contributed by atoms with van der Waals surface area (Å²) < 4.78 is 145. The molecule has 0 aliphatic heterocycles. The third kappa shape index (κ3) is 9.41. The predicted molar refractivity (Wildman–Crippen MR) is 241 cm³/mol. The number of rotatable bonds is 5. The summed E-state index contributed by atoms with van der Waals surface area (Å²) >= 11 is 0. The van der Waals surface area contributed by atoms with Gasteiger partial charge in [-0.1, -0.05) is 126 Å². The van der Waals surface area contributed by atoms with E-state index in [-0.39, 0.29) is 81.3 Å². The molecule has 5 aromatic carbocycles. The number of hydrogen-bond acceptors (Lipinski definition) is 3. The SMILES string of the molecule is [2H]C([2H])([2H])c1c[c-]c(-c2ccc(C(C)(C)C)cn2)cc1.[2H]C([2H])([2H])c1ccc2oc3c(-c4cc(-c5cc(C([2H])([2H])[2H])c(-c6ccc(C([2H])([2H])C(C)(C)C)cc6)cc5C([2H])([2H])[2H])c(C([2H])([2H])[2H])cn4)[c-]ccc3c2c1.[Ir]. The zero-order chi connectivity index (χ0) is 54.9. The van der Waals surface area contributed by atoms with Crippen molar-refractivity contribution in [2.24, 2.45) is 5.41 Å². The Morgan fingerprint density at radius 1 is 0.638 bits per heavy atom. The molecule has 0 atom stereocenters. The maximum Gasteiger partial charge on any atom is 0.120 e. The van der Waals surface area contributed by atoms with Gasteiger partial charge in [0.1, 0.15) is 5.58 Å². The van der Waals surface area contributed by atoms with Crippen molar-refractivity contribution in [2.45, 2.75) is 87.6 Å². The Bertz CT molecular complexity index is 3280. The first-order valence-electron chi connectivity index (χ1n) is 27.1. The van der Waals surface area contributed by atoms with E-state index in [4.69, 9.17) is 27.7 Å². The molecule has 0 aliphatic carbocycles. The van der Waals surface area contributed by atoms with Crippen LogP contribution in [0.5, 0.6) is 0 Å². The van der Waals surface area contributed by atoms with Crippen LogP contribution in [0.4, 0.5) is 0 Å². The second kappa shape index (κ2) is 17.0. The normalized spacial score (nSPS) is 17.3. The van der Waals surface area contributed by atoms with E-state index in [0.717, 1.165) is 17.5 Å². The average Bonchev–Trinajstić information content (AvgIpc) is 3.68. The number of aryl methyl sites for hydroxylation is 5. The smallest absolute Gasteiger partial charge is 0.120 e. The molecule has 3 heterocycles. The summed E-state index contributed by atoms with van der Waals surface area (Å²) in [6.07, 6.45) is 1.23. The van der Waals surface area contributed by atoms with Crippen LogP contribution in [0.3, 0.4) is 0 Å². The van der Waals surface area contributed by atoms with Crippen LogP contribution in [-0.2, 0) is 31.9 Å². The van der Waals surface area contributed by atoms with Crippen LogP contribution < -0.4 is 0 Å². The van der Waals surface area contributed by atoms with Gasteiger partial charge in [-0.25, -0.2) is 0 Å². The summed E-state index contributed by atoms with van der Waals surface area (Å²) in [7, 11) is 0. The minimum Gasteiger partial charge on any atom is -0.501 e. The van der Waals surface area contributed by atoms with Crippen molar-refractivity contribution >= 4 is 21.9 Å². The molecule has 0 saturated heterocycles. The van der Waals surface area contributed by atoms with Crippen LogP contribution in [-0.4, -0.2) is 9.97 Å². The maximum absolute atomic E-state index is 8.65. The number of fused-ring (bicyclic) bond motifs is 3. The fourth-order valence-corrected chi connectivity index (χ4v) is 6.56. The molecular weight excluding hydrogens is 885 g/mol. The maximum atomic E-state index is 8.65. The van der Waals surface area contributed by atoms with Gasteiger partial charge in [-0.3, -0.25) is 0 Å². The standard InChI is InChI=1S/C38H36NO.C16H18N.Ir/c1-23-11-16-36-34(17-23)29-9-8-10-30(37(29)40-36)35-20-33(26(4)22-39-35)32-19-24(2)31(18-25(32)3)28-14-12-27(13-15-28)21-38(5,6)7;1-12-5-7-13(8-6-12)15-10-9-14(11-17-15)16(2,3)4;/h8-9,11-20,22H,21H2,1-7H3;5-7,9-11H,1-4H3;/q2*-1;/i1D3,2D3,3D3,4D3,21D2;1D3;. The molecule has 0 saturated carbocycles. The summed E-state index contributed by atoms with van der Waals surface area (Å²) in [6, 6.07) is 32.8. The number of aromatic nitrogens is 2. The van der Waals surface area contributed by atoms with E-state index < -0.39 is 46.0 Å². The zero-order valence-corrected chi connectivity index (χ0v) is 35.5. The van der Waals surface area contributed by atoms with Gasteiger partial charge in [-0.15, -0.1) is 53.6 Å². The van der Waals surface area contributed by atoms with Crippen LogP contribution in [0.2, 0.25) is 0 Å². The molecular formula is C54H54IrN2O-2. The van der Waals surface area contributed by atoms with Gasteiger partial charge >= 0.3 is 0 Å². The Hall–Kier alpha value is -5.15. The Kier molecular flexibility index (Phi) is 7.43. The minimum absolute atomic E-state index is 0. The molecule has 58 heavy (non-hydrogen) atoms. The molecule has 8 rings (SSSR count). The van der Waals surface area contributed by atoms with Gasteiger partial charge in [-0.05, 0) is 118 Å². The summed E-state index contributed by atoms with van der Waals surface area (Å²) in [4.78, 5) is 8.86. The summed E-state index contributed by atoms with van der Waals surface area (Å²) in [5.74, 6) is 0. The largest absolute Gasteiger partial charge is 0.501 e. The molecule has 0 unspecified atom stereocenters. The van der Waals surface area contributed by atoms with E-state index in [1.54, 1.807) is 75.4 Å². The minimum atomic E-state index is -2.85. The topological polar surface area (TPSA) is 38.9 Å². The van der Waals surface area contributed by atoms with E-state index in [2.05, 4.69) is 42.9 Å². The molecule has 8 aromatic rings. The van der Waals surface area contributed by atoms with Gasteiger partial charge in [0, 0.05) is 61.2 Å². The monoisotopic (exact) mass is 956 g/mol. The van der Waals surface area contributed by atoms with Crippen molar-refractivity contribution in [3.05, 3.63) is 167 Å². The second-order valence-electron chi connectivity index (χ2n) is 16.1. The van der Waals surface area contributed by atoms with Crippen molar-refractivity contribution in [2.75, 3.05) is 0 Å². The first-order valence-corrected chi connectivity index (χ1v) is 18.6. The van der Waals surface area contributed by atoms with Crippen LogP contribution in [0, 0.1) is 51.8 Å². The van der Waals surface area contributed by atoms with E-state index in [0.29, 0.717) is 33.0 Å². The first-order chi connectivity index (χ1) is 33.9. The molecule has 0 fully saturated rings. The Morgan fingerprint density at radius 2 is 1.34 bits per heavy atom. The molecule has 297 valence electrons. The van der Waals surface area contributed by atoms with E-state index >= 15 is 0 Å². The van der Waals surface area contributed by atoms with Crippen LogP contribution in [0.15, 0.2) is 120 Å². The van der Waals surface area contributed by atoms with Crippen molar-refractivity contribution in [1.82, 2.24) is 9.97 Å². The fourth-order valence-electron chi connectivity index (χ4n) is 6.56. The van der Waals surface area contributed by atoms with Crippen LogP contribution in [0.1, 0.15) is 104 Å². The average molecular weight is 956 g/mol. The van der Waals surface area contributed by atoms with Crippen molar-refractivity contribution in [3.8, 4) is 44.8 Å². The summed E-state index contributed by atoms with van der Waals surface area (Å²) in [6.45, 7) is -1.16. The van der Waals surface area contributed by atoms with Gasteiger partial charge in [0.15, 0.2) is 0 Å². The van der Waals surface area contributed by atoms with Gasteiger partial charge < -0.3 is 14.4 Å².